The van der Waals surface area contributed by atoms with Crippen LogP contribution >= 0.6 is 11.6 Å². The fourth-order valence-electron chi connectivity index (χ4n) is 1.51. The van der Waals surface area contributed by atoms with E-state index in [9.17, 15) is 0 Å². The van der Waals surface area contributed by atoms with Crippen molar-refractivity contribution in [2.24, 2.45) is 0 Å². The van der Waals surface area contributed by atoms with Crippen LogP contribution in [0.15, 0.2) is 22.7 Å². The molecule has 1 aromatic heterocycles. The summed E-state index contributed by atoms with van der Waals surface area (Å²) in [5, 5.41) is 7.62. The SMILES string of the molecule is CNCCc1noc(-c2cccc(C)c2Cl)n1. The second kappa shape index (κ2) is 5.29. The number of halogens is 1. The van der Waals surface area contributed by atoms with Crippen molar-refractivity contribution in [1.29, 1.82) is 0 Å². The molecule has 0 spiro atoms. The van der Waals surface area contributed by atoms with Crippen molar-refractivity contribution >= 4 is 11.6 Å². The van der Waals surface area contributed by atoms with Crippen molar-refractivity contribution in [3.63, 3.8) is 0 Å². The molecule has 5 heteroatoms. The second-order valence-electron chi connectivity index (χ2n) is 3.81. The monoisotopic (exact) mass is 251 g/mol. The van der Waals surface area contributed by atoms with Gasteiger partial charge in [-0.3, -0.25) is 0 Å². The van der Waals surface area contributed by atoms with Crippen molar-refractivity contribution in [3.05, 3.63) is 34.6 Å². The van der Waals surface area contributed by atoms with Crippen LogP contribution < -0.4 is 5.32 Å². The number of nitrogens with zero attached hydrogens (tertiary/aromatic N) is 2. The summed E-state index contributed by atoms with van der Waals surface area (Å²) >= 11 is 6.20. The van der Waals surface area contributed by atoms with Gasteiger partial charge in [-0.25, -0.2) is 0 Å². The molecule has 0 atom stereocenters. The van der Waals surface area contributed by atoms with Crippen LogP contribution in [0.5, 0.6) is 0 Å². The summed E-state index contributed by atoms with van der Waals surface area (Å²) in [5.41, 5.74) is 1.79. The average Bonchev–Trinajstić information content (AvgIpc) is 2.78. The van der Waals surface area contributed by atoms with Gasteiger partial charge in [-0.05, 0) is 25.6 Å². The number of hydrogen-bond donors (Lipinski definition) is 1. The molecule has 0 fully saturated rings. The van der Waals surface area contributed by atoms with E-state index in [-0.39, 0.29) is 0 Å². The number of nitrogens with one attached hydrogen (secondary N) is 1. The van der Waals surface area contributed by atoms with E-state index in [1.54, 1.807) is 0 Å². The van der Waals surface area contributed by atoms with Gasteiger partial charge >= 0.3 is 0 Å². The molecule has 1 N–H and O–H groups in total. The highest BCUT2D eigenvalue weighted by Crippen LogP contribution is 2.28. The maximum atomic E-state index is 6.20. The van der Waals surface area contributed by atoms with Gasteiger partial charge in [-0.1, -0.05) is 28.9 Å². The van der Waals surface area contributed by atoms with E-state index < -0.39 is 0 Å². The van der Waals surface area contributed by atoms with E-state index in [0.717, 1.165) is 24.1 Å². The highest BCUT2D eigenvalue weighted by molar-refractivity contribution is 6.33. The zero-order chi connectivity index (χ0) is 12.3. The summed E-state index contributed by atoms with van der Waals surface area (Å²) in [4.78, 5) is 4.32. The number of rotatable bonds is 4. The standard InChI is InChI=1S/C12H14ClN3O/c1-8-4-3-5-9(11(8)13)12-15-10(16-17-12)6-7-14-2/h3-5,14H,6-7H2,1-2H3. The fraction of sp³-hybridized carbons (Fsp3) is 0.333. The van der Waals surface area contributed by atoms with Crippen LogP contribution in [0.4, 0.5) is 0 Å². The van der Waals surface area contributed by atoms with Crippen LogP contribution in [0.25, 0.3) is 11.5 Å². The van der Waals surface area contributed by atoms with Gasteiger partial charge in [0, 0.05) is 13.0 Å². The highest BCUT2D eigenvalue weighted by Gasteiger charge is 2.12. The molecule has 0 aliphatic carbocycles. The lowest BCUT2D eigenvalue weighted by Crippen LogP contribution is -2.11. The lowest BCUT2D eigenvalue weighted by molar-refractivity contribution is 0.422. The highest BCUT2D eigenvalue weighted by atomic mass is 35.5. The van der Waals surface area contributed by atoms with Gasteiger partial charge in [0.05, 0.1) is 10.6 Å². The molecule has 2 aromatic rings. The van der Waals surface area contributed by atoms with Gasteiger partial charge < -0.3 is 9.84 Å². The van der Waals surface area contributed by atoms with Crippen LogP contribution in [0, 0.1) is 6.92 Å². The zero-order valence-corrected chi connectivity index (χ0v) is 10.6. The van der Waals surface area contributed by atoms with E-state index in [1.165, 1.54) is 0 Å². The molecule has 0 aliphatic rings. The molecule has 0 radical (unpaired) electrons. The smallest absolute Gasteiger partial charge is 0.259 e. The van der Waals surface area contributed by atoms with E-state index >= 15 is 0 Å². The molecule has 2 rings (SSSR count). The maximum Gasteiger partial charge on any atom is 0.259 e. The molecule has 0 unspecified atom stereocenters. The second-order valence-corrected chi connectivity index (χ2v) is 4.18. The topological polar surface area (TPSA) is 51.0 Å². The minimum absolute atomic E-state index is 0.477. The molecular formula is C12H14ClN3O. The number of aromatic nitrogens is 2. The molecule has 0 aliphatic heterocycles. The Labute approximate surface area is 105 Å². The Balaban J connectivity index is 2.27. The van der Waals surface area contributed by atoms with Crippen LogP contribution in [0.2, 0.25) is 5.02 Å². The van der Waals surface area contributed by atoms with Crippen molar-refractivity contribution < 1.29 is 4.52 Å². The summed E-state index contributed by atoms with van der Waals surface area (Å²) in [6.45, 7) is 2.77. The largest absolute Gasteiger partial charge is 0.334 e. The Morgan fingerprint density at radius 1 is 1.41 bits per heavy atom. The number of hydrogen-bond acceptors (Lipinski definition) is 4. The molecular weight excluding hydrogens is 238 g/mol. The Hall–Kier alpha value is -1.39. The molecule has 4 nitrogen and oxygen atoms in total. The van der Waals surface area contributed by atoms with Gasteiger partial charge in [0.1, 0.15) is 0 Å². The van der Waals surface area contributed by atoms with E-state index in [2.05, 4.69) is 15.5 Å². The van der Waals surface area contributed by atoms with Gasteiger partial charge in [0.25, 0.3) is 5.89 Å². The average molecular weight is 252 g/mol. The first-order valence-electron chi connectivity index (χ1n) is 5.45. The normalized spacial score (nSPS) is 10.8. The lowest BCUT2D eigenvalue weighted by Gasteiger charge is -2.00. The Morgan fingerprint density at radius 3 is 3.00 bits per heavy atom. The third-order valence-electron chi connectivity index (χ3n) is 2.49. The number of benzene rings is 1. The molecule has 1 heterocycles. The van der Waals surface area contributed by atoms with Crippen molar-refractivity contribution in [2.45, 2.75) is 13.3 Å². The predicted octanol–water partition coefficient (Wildman–Crippen LogP) is 2.46. The van der Waals surface area contributed by atoms with Crippen LogP contribution in [-0.4, -0.2) is 23.7 Å². The van der Waals surface area contributed by atoms with Gasteiger partial charge in [0.15, 0.2) is 5.82 Å². The quantitative estimate of drug-likeness (QED) is 0.907. The summed E-state index contributed by atoms with van der Waals surface area (Å²) in [6, 6.07) is 5.75. The number of aryl methyl sites for hydroxylation is 1. The lowest BCUT2D eigenvalue weighted by atomic mass is 10.1. The first kappa shape index (κ1) is 12.1. The Bertz CT molecular complexity index is 510. The fourth-order valence-corrected chi connectivity index (χ4v) is 1.72. The molecule has 0 saturated heterocycles. The predicted molar refractivity (Wildman–Crippen MR) is 67.1 cm³/mol. The Morgan fingerprint density at radius 2 is 2.24 bits per heavy atom. The molecule has 0 amide bonds. The van der Waals surface area contributed by atoms with Crippen molar-refractivity contribution in [2.75, 3.05) is 13.6 Å². The molecule has 17 heavy (non-hydrogen) atoms. The molecule has 0 bridgehead atoms. The van der Waals surface area contributed by atoms with Crippen LogP contribution in [0.1, 0.15) is 11.4 Å². The maximum absolute atomic E-state index is 6.20. The minimum atomic E-state index is 0.477. The van der Waals surface area contributed by atoms with Crippen LogP contribution in [0.3, 0.4) is 0 Å². The molecule has 0 saturated carbocycles. The van der Waals surface area contributed by atoms with Gasteiger partial charge in [-0.2, -0.15) is 4.98 Å². The zero-order valence-electron chi connectivity index (χ0n) is 9.83. The van der Waals surface area contributed by atoms with E-state index in [4.69, 9.17) is 16.1 Å². The molecule has 90 valence electrons. The van der Waals surface area contributed by atoms with Crippen molar-refractivity contribution in [1.82, 2.24) is 15.5 Å². The molecule has 1 aromatic carbocycles. The first-order chi connectivity index (χ1) is 8.22. The van der Waals surface area contributed by atoms with Crippen LogP contribution in [-0.2, 0) is 6.42 Å². The summed E-state index contributed by atoms with van der Waals surface area (Å²) < 4.78 is 5.21. The third-order valence-corrected chi connectivity index (χ3v) is 2.99. The van der Waals surface area contributed by atoms with E-state index in [1.807, 2.05) is 32.2 Å². The summed E-state index contributed by atoms with van der Waals surface area (Å²) in [5.74, 6) is 1.16. The number of likely N-dealkylation sites (N-methyl/N-ethyl adjacent to an activating group) is 1. The summed E-state index contributed by atoms with van der Waals surface area (Å²) in [6.07, 6.45) is 0.740. The third kappa shape index (κ3) is 2.65. The Kier molecular flexibility index (Phi) is 3.76. The van der Waals surface area contributed by atoms with Gasteiger partial charge in [0.2, 0.25) is 0 Å². The minimum Gasteiger partial charge on any atom is -0.334 e. The van der Waals surface area contributed by atoms with E-state index in [0.29, 0.717) is 16.7 Å². The van der Waals surface area contributed by atoms with Gasteiger partial charge in [-0.15, -0.1) is 0 Å². The summed E-state index contributed by atoms with van der Waals surface area (Å²) in [7, 11) is 1.89. The first-order valence-corrected chi connectivity index (χ1v) is 5.83. The van der Waals surface area contributed by atoms with Crippen molar-refractivity contribution in [3.8, 4) is 11.5 Å².